The summed E-state index contributed by atoms with van der Waals surface area (Å²) in [6.07, 6.45) is 1.33. The average molecular weight is 345 g/mol. The molecule has 132 valence electrons. The van der Waals surface area contributed by atoms with Crippen molar-refractivity contribution in [1.29, 1.82) is 0 Å². The van der Waals surface area contributed by atoms with Crippen LogP contribution in [-0.2, 0) is 16.0 Å². The van der Waals surface area contributed by atoms with Crippen LogP contribution in [0.15, 0.2) is 59.6 Å². The van der Waals surface area contributed by atoms with Crippen molar-refractivity contribution in [2.75, 3.05) is 20.6 Å². The normalized spacial score (nSPS) is 13.5. The lowest BCUT2D eigenvalue weighted by Gasteiger charge is -2.22. The topological polar surface area (TPSA) is 68.1 Å². The predicted molar refractivity (Wildman–Crippen MR) is 93.0 cm³/mol. The van der Waals surface area contributed by atoms with E-state index in [0.717, 1.165) is 0 Å². The number of benzene rings is 2. The molecule has 2 aromatic carbocycles. The molecule has 0 radical (unpaired) electrons. The molecule has 0 saturated heterocycles. The van der Waals surface area contributed by atoms with E-state index < -0.39 is 18.2 Å². The molecule has 25 heavy (non-hydrogen) atoms. The van der Waals surface area contributed by atoms with Crippen molar-refractivity contribution in [1.82, 2.24) is 0 Å². The molecule has 0 amide bonds. The van der Waals surface area contributed by atoms with Crippen molar-refractivity contribution in [3.63, 3.8) is 0 Å². The van der Waals surface area contributed by atoms with Crippen LogP contribution < -0.4 is 4.74 Å². The second-order valence-corrected chi connectivity index (χ2v) is 5.51. The quantitative estimate of drug-likeness (QED) is 0.560. The van der Waals surface area contributed by atoms with E-state index in [1.807, 2.05) is 6.07 Å². The van der Waals surface area contributed by atoms with Gasteiger partial charge in [-0.3, -0.25) is 4.99 Å². The second-order valence-electron chi connectivity index (χ2n) is 5.51. The fraction of sp³-hybridized carbons (Fsp3) is 0.263. The first-order chi connectivity index (χ1) is 12.1. The van der Waals surface area contributed by atoms with Crippen LogP contribution >= 0.6 is 0 Å². The number of aliphatic carboxylic acids is 1. The Bertz CT molecular complexity index is 703. The number of carbonyl (C=O) groups is 1. The zero-order valence-electron chi connectivity index (χ0n) is 13.9. The predicted octanol–water partition coefficient (Wildman–Crippen LogP) is 3.12. The molecule has 1 N–H and O–H groups in total. The third-order valence-electron chi connectivity index (χ3n) is 3.64. The van der Waals surface area contributed by atoms with Crippen LogP contribution in [0.1, 0.15) is 11.1 Å². The van der Waals surface area contributed by atoms with E-state index in [9.17, 15) is 14.3 Å². The number of ether oxygens (including phenoxy) is 2. The lowest BCUT2D eigenvalue weighted by Crippen LogP contribution is -2.41. The minimum atomic E-state index is -1.86. The molecule has 1 atom stereocenters. The Kier molecular flexibility index (Phi) is 6.65. The van der Waals surface area contributed by atoms with E-state index in [4.69, 9.17) is 9.47 Å². The van der Waals surface area contributed by atoms with Crippen molar-refractivity contribution >= 4 is 12.2 Å². The van der Waals surface area contributed by atoms with Gasteiger partial charge in [-0.25, -0.2) is 9.18 Å². The number of hydrogen-bond donors (Lipinski definition) is 1. The van der Waals surface area contributed by atoms with Gasteiger partial charge < -0.3 is 14.6 Å². The van der Waals surface area contributed by atoms with Crippen molar-refractivity contribution < 1.29 is 23.8 Å². The lowest BCUT2D eigenvalue weighted by molar-refractivity contribution is -0.143. The van der Waals surface area contributed by atoms with Crippen LogP contribution in [0.4, 0.5) is 4.39 Å². The van der Waals surface area contributed by atoms with E-state index in [1.165, 1.54) is 13.3 Å². The maximum atomic E-state index is 13.7. The molecule has 0 spiro atoms. The number of halogens is 1. The van der Waals surface area contributed by atoms with E-state index in [-0.39, 0.29) is 13.2 Å². The first-order valence-electron chi connectivity index (χ1n) is 7.70. The number of alkyl halides is 1. The Labute approximate surface area is 145 Å². The highest BCUT2D eigenvalue weighted by atomic mass is 19.1. The van der Waals surface area contributed by atoms with E-state index in [1.54, 1.807) is 48.5 Å². The van der Waals surface area contributed by atoms with Gasteiger partial charge in [-0.05, 0) is 23.3 Å². The molecule has 2 rings (SSSR count). The maximum Gasteiger partial charge on any atom is 0.334 e. The monoisotopic (exact) mass is 345 g/mol. The zero-order chi connectivity index (χ0) is 18.1. The van der Waals surface area contributed by atoms with E-state index >= 15 is 0 Å². The summed E-state index contributed by atoms with van der Waals surface area (Å²) in [5.74, 6) is -0.721. The van der Waals surface area contributed by atoms with Crippen LogP contribution in [-0.4, -0.2) is 43.4 Å². The maximum absolute atomic E-state index is 13.7. The molecular weight excluding hydrogens is 325 g/mol. The lowest BCUT2D eigenvalue weighted by atomic mass is 9.92. The molecule has 0 fully saturated rings. The summed E-state index contributed by atoms with van der Waals surface area (Å²) in [4.78, 5) is 15.8. The van der Waals surface area contributed by atoms with Gasteiger partial charge in [0.1, 0.15) is 12.4 Å². The number of hydrogen-bond acceptors (Lipinski definition) is 4. The Morgan fingerprint density at radius 3 is 2.44 bits per heavy atom. The number of carboxylic acid groups (broad SMARTS) is 1. The summed E-state index contributed by atoms with van der Waals surface area (Å²) in [7, 11) is 1.52. The van der Waals surface area contributed by atoms with Gasteiger partial charge in [-0.15, -0.1) is 0 Å². The summed E-state index contributed by atoms with van der Waals surface area (Å²) < 4.78 is 23.7. The Balaban J connectivity index is 2.19. The van der Waals surface area contributed by atoms with E-state index in [2.05, 4.69) is 4.99 Å². The van der Waals surface area contributed by atoms with Crippen molar-refractivity contribution in [3.05, 3.63) is 65.7 Å². The molecular formula is C19H20FNO4. The molecule has 2 aromatic rings. The standard InChI is InChI=1S/C19H20FNO4/c1-24-14-25-17-9-7-15(8-10-17)11-19(13-20,18(22)23)21-12-16-5-3-2-4-6-16/h2-10,12H,11,13-14H2,1H3,(H,22,23). The van der Waals surface area contributed by atoms with Gasteiger partial charge in [0.15, 0.2) is 12.3 Å². The second kappa shape index (κ2) is 8.94. The molecule has 0 aliphatic carbocycles. The Hall–Kier alpha value is -2.73. The zero-order valence-corrected chi connectivity index (χ0v) is 13.9. The molecule has 0 aromatic heterocycles. The fourth-order valence-electron chi connectivity index (χ4n) is 2.22. The first-order valence-corrected chi connectivity index (χ1v) is 7.70. The molecule has 1 unspecified atom stereocenters. The number of rotatable bonds is 9. The third-order valence-corrected chi connectivity index (χ3v) is 3.64. The fourth-order valence-corrected chi connectivity index (χ4v) is 2.22. The minimum Gasteiger partial charge on any atom is -0.479 e. The number of carboxylic acids is 1. The highest BCUT2D eigenvalue weighted by Gasteiger charge is 2.38. The summed E-state index contributed by atoms with van der Waals surface area (Å²) in [5.41, 5.74) is -0.495. The van der Waals surface area contributed by atoms with Gasteiger partial charge in [-0.1, -0.05) is 42.5 Å². The van der Waals surface area contributed by atoms with Crippen molar-refractivity contribution in [3.8, 4) is 5.75 Å². The van der Waals surface area contributed by atoms with Gasteiger partial charge >= 0.3 is 5.97 Å². The average Bonchev–Trinajstić information content (AvgIpc) is 2.65. The van der Waals surface area contributed by atoms with Gasteiger partial charge in [0.2, 0.25) is 0 Å². The van der Waals surface area contributed by atoms with Gasteiger partial charge in [0.05, 0.1) is 0 Å². The largest absolute Gasteiger partial charge is 0.479 e. The molecule has 0 aliphatic rings. The van der Waals surface area contributed by atoms with Crippen LogP contribution in [0.3, 0.4) is 0 Å². The molecule has 0 heterocycles. The molecule has 0 saturated carbocycles. The van der Waals surface area contributed by atoms with Crippen LogP contribution in [0.5, 0.6) is 5.75 Å². The molecule has 0 aliphatic heterocycles. The number of aliphatic imine (C=N–C) groups is 1. The minimum absolute atomic E-state index is 0.0628. The van der Waals surface area contributed by atoms with Crippen LogP contribution in [0.25, 0.3) is 0 Å². The van der Waals surface area contributed by atoms with Gasteiger partial charge in [-0.2, -0.15) is 0 Å². The van der Waals surface area contributed by atoms with Gasteiger partial charge in [0, 0.05) is 19.7 Å². The first kappa shape index (κ1) is 18.6. The van der Waals surface area contributed by atoms with Gasteiger partial charge in [0.25, 0.3) is 0 Å². The number of methoxy groups -OCH3 is 1. The summed E-state index contributed by atoms with van der Waals surface area (Å²) >= 11 is 0. The molecule has 0 bridgehead atoms. The Morgan fingerprint density at radius 2 is 1.88 bits per heavy atom. The summed E-state index contributed by atoms with van der Waals surface area (Å²) in [5, 5.41) is 9.54. The highest BCUT2D eigenvalue weighted by Crippen LogP contribution is 2.22. The molecule has 6 heteroatoms. The number of nitrogens with zero attached hydrogens (tertiary/aromatic N) is 1. The third kappa shape index (κ3) is 5.12. The Morgan fingerprint density at radius 1 is 1.20 bits per heavy atom. The van der Waals surface area contributed by atoms with Crippen molar-refractivity contribution in [2.45, 2.75) is 12.0 Å². The highest BCUT2D eigenvalue weighted by molar-refractivity contribution is 5.86. The van der Waals surface area contributed by atoms with Crippen LogP contribution in [0.2, 0.25) is 0 Å². The summed E-state index contributed by atoms with van der Waals surface area (Å²) in [6.45, 7) is -0.988. The molecule has 5 nitrogen and oxygen atoms in total. The SMILES string of the molecule is COCOc1ccc(CC(CF)(N=Cc2ccccc2)C(=O)O)cc1. The van der Waals surface area contributed by atoms with E-state index in [0.29, 0.717) is 16.9 Å². The van der Waals surface area contributed by atoms with Crippen LogP contribution in [0, 0.1) is 0 Å². The smallest absolute Gasteiger partial charge is 0.334 e. The van der Waals surface area contributed by atoms with Crippen molar-refractivity contribution in [2.24, 2.45) is 4.99 Å². The summed E-state index contributed by atoms with van der Waals surface area (Å²) in [6, 6.07) is 15.7.